The zero-order valence-electron chi connectivity index (χ0n) is 10.6. The van der Waals surface area contributed by atoms with Crippen molar-refractivity contribution in [2.24, 2.45) is 0 Å². The van der Waals surface area contributed by atoms with E-state index in [0.717, 1.165) is 5.56 Å². The van der Waals surface area contributed by atoms with Gasteiger partial charge in [0, 0.05) is 25.4 Å². The van der Waals surface area contributed by atoms with E-state index >= 15 is 0 Å². The fourth-order valence-corrected chi connectivity index (χ4v) is 1.96. The monoisotopic (exact) mass is 268 g/mol. The molecule has 1 fully saturated rings. The number of aliphatic carboxylic acids is 1. The largest absolute Gasteiger partial charge is 0.480 e. The van der Waals surface area contributed by atoms with Crippen LogP contribution in [0.3, 0.4) is 0 Å². The molecule has 0 radical (unpaired) electrons. The Morgan fingerprint density at radius 2 is 2.47 bits per heavy atom. The molecule has 104 valence electrons. The Hall–Kier alpha value is -2.09. The SMILES string of the molecule is CN(Cc1cn[nH]c1)C(=O)N1CCOCC1C(=O)O. The van der Waals surface area contributed by atoms with E-state index < -0.39 is 12.0 Å². The van der Waals surface area contributed by atoms with Gasteiger partial charge < -0.3 is 19.6 Å². The highest BCUT2D eigenvalue weighted by atomic mass is 16.5. The molecule has 1 atom stereocenters. The van der Waals surface area contributed by atoms with Crippen LogP contribution in [-0.4, -0.2) is 70.0 Å². The number of aromatic nitrogens is 2. The van der Waals surface area contributed by atoms with Gasteiger partial charge in [-0.15, -0.1) is 0 Å². The highest BCUT2D eigenvalue weighted by Crippen LogP contribution is 2.11. The van der Waals surface area contributed by atoms with Gasteiger partial charge >= 0.3 is 12.0 Å². The van der Waals surface area contributed by atoms with Crippen molar-refractivity contribution in [2.75, 3.05) is 26.8 Å². The van der Waals surface area contributed by atoms with Crippen molar-refractivity contribution in [3.8, 4) is 0 Å². The summed E-state index contributed by atoms with van der Waals surface area (Å²) in [7, 11) is 1.63. The first-order chi connectivity index (χ1) is 9.09. The molecule has 1 aliphatic heterocycles. The first-order valence-electron chi connectivity index (χ1n) is 5.89. The number of hydrogen-bond donors (Lipinski definition) is 2. The maximum atomic E-state index is 12.2. The zero-order chi connectivity index (χ0) is 13.8. The number of H-pyrrole nitrogens is 1. The molecule has 0 bridgehead atoms. The van der Waals surface area contributed by atoms with Crippen molar-refractivity contribution >= 4 is 12.0 Å². The molecule has 19 heavy (non-hydrogen) atoms. The lowest BCUT2D eigenvalue weighted by molar-refractivity contribution is -0.147. The standard InChI is InChI=1S/C11H16N4O4/c1-14(6-8-4-12-13-5-8)11(18)15-2-3-19-7-9(15)10(16)17/h4-5,9H,2-3,6-7H2,1H3,(H,12,13)(H,16,17). The van der Waals surface area contributed by atoms with Gasteiger partial charge in [-0.25, -0.2) is 9.59 Å². The van der Waals surface area contributed by atoms with Crippen molar-refractivity contribution < 1.29 is 19.4 Å². The van der Waals surface area contributed by atoms with E-state index in [-0.39, 0.29) is 19.2 Å². The van der Waals surface area contributed by atoms with Crippen LogP contribution in [0, 0.1) is 0 Å². The summed E-state index contributed by atoms with van der Waals surface area (Å²) in [6, 6.07) is -1.25. The highest BCUT2D eigenvalue weighted by Gasteiger charge is 2.34. The van der Waals surface area contributed by atoms with Crippen LogP contribution in [0.1, 0.15) is 5.56 Å². The minimum atomic E-state index is -1.05. The lowest BCUT2D eigenvalue weighted by Crippen LogP contribution is -2.55. The second-order valence-electron chi connectivity index (χ2n) is 4.37. The average Bonchev–Trinajstić information content (AvgIpc) is 2.90. The number of amides is 2. The van der Waals surface area contributed by atoms with Crippen molar-refractivity contribution in [3.05, 3.63) is 18.0 Å². The van der Waals surface area contributed by atoms with Gasteiger partial charge in [-0.2, -0.15) is 5.10 Å². The summed E-state index contributed by atoms with van der Waals surface area (Å²) < 4.78 is 5.10. The third-order valence-electron chi connectivity index (χ3n) is 2.96. The van der Waals surface area contributed by atoms with E-state index in [1.54, 1.807) is 19.4 Å². The Balaban J connectivity index is 2.02. The van der Waals surface area contributed by atoms with Crippen LogP contribution in [0.2, 0.25) is 0 Å². The van der Waals surface area contributed by atoms with Crippen LogP contribution in [0.25, 0.3) is 0 Å². The molecule has 2 rings (SSSR count). The number of rotatable bonds is 3. The quantitative estimate of drug-likeness (QED) is 0.787. The molecule has 0 saturated carbocycles. The molecule has 2 heterocycles. The second-order valence-corrected chi connectivity index (χ2v) is 4.37. The van der Waals surface area contributed by atoms with Gasteiger partial charge in [0.2, 0.25) is 0 Å². The molecule has 0 spiro atoms. The van der Waals surface area contributed by atoms with Gasteiger partial charge in [0.1, 0.15) is 0 Å². The molecule has 8 heteroatoms. The smallest absolute Gasteiger partial charge is 0.328 e. The maximum Gasteiger partial charge on any atom is 0.328 e. The molecule has 1 aromatic rings. The Morgan fingerprint density at radius 1 is 1.68 bits per heavy atom. The molecule has 8 nitrogen and oxygen atoms in total. The third kappa shape index (κ3) is 3.02. The van der Waals surface area contributed by atoms with Crippen LogP contribution >= 0.6 is 0 Å². The normalized spacial score (nSPS) is 19.2. The lowest BCUT2D eigenvalue weighted by atomic mass is 10.2. The van der Waals surface area contributed by atoms with E-state index in [1.165, 1.54) is 9.80 Å². The van der Waals surface area contributed by atoms with Crippen molar-refractivity contribution in [1.29, 1.82) is 0 Å². The summed E-state index contributed by atoms with van der Waals surface area (Å²) in [6.45, 7) is 1.04. The van der Waals surface area contributed by atoms with Crippen LogP contribution < -0.4 is 0 Å². The fraction of sp³-hybridized carbons (Fsp3) is 0.545. The third-order valence-corrected chi connectivity index (χ3v) is 2.96. The number of carbonyl (C=O) groups excluding carboxylic acids is 1. The number of nitrogens with one attached hydrogen (secondary N) is 1. The number of urea groups is 1. The van der Waals surface area contributed by atoms with Crippen molar-refractivity contribution in [3.63, 3.8) is 0 Å². The molecule has 1 unspecified atom stereocenters. The number of nitrogens with zero attached hydrogens (tertiary/aromatic N) is 3. The lowest BCUT2D eigenvalue weighted by Gasteiger charge is -2.35. The summed E-state index contributed by atoms with van der Waals surface area (Å²) in [4.78, 5) is 26.1. The number of morpholine rings is 1. The predicted octanol–water partition coefficient (Wildman–Crippen LogP) is -0.253. The first-order valence-corrected chi connectivity index (χ1v) is 5.89. The van der Waals surface area contributed by atoms with Gasteiger partial charge in [0.25, 0.3) is 0 Å². The summed E-state index contributed by atoms with van der Waals surface area (Å²) in [5, 5.41) is 15.6. The molecular formula is C11H16N4O4. The highest BCUT2D eigenvalue weighted by molar-refractivity contribution is 5.82. The maximum absolute atomic E-state index is 12.2. The summed E-state index contributed by atoms with van der Waals surface area (Å²) in [6.07, 6.45) is 3.32. The minimum Gasteiger partial charge on any atom is -0.480 e. The molecular weight excluding hydrogens is 252 g/mol. The predicted molar refractivity (Wildman–Crippen MR) is 64.4 cm³/mol. The fourth-order valence-electron chi connectivity index (χ4n) is 1.96. The van der Waals surface area contributed by atoms with Gasteiger partial charge in [0.05, 0.1) is 26.0 Å². The molecule has 1 aliphatic rings. The van der Waals surface area contributed by atoms with Crippen LogP contribution in [-0.2, 0) is 16.1 Å². The number of carboxylic acid groups (broad SMARTS) is 1. The zero-order valence-corrected chi connectivity index (χ0v) is 10.6. The van der Waals surface area contributed by atoms with E-state index in [4.69, 9.17) is 9.84 Å². The Kier molecular flexibility index (Phi) is 4.00. The van der Waals surface area contributed by atoms with E-state index in [9.17, 15) is 9.59 Å². The molecule has 2 amide bonds. The Bertz CT molecular complexity index is 448. The molecule has 1 saturated heterocycles. The molecule has 0 aromatic carbocycles. The van der Waals surface area contributed by atoms with Gasteiger partial charge in [-0.05, 0) is 0 Å². The topological polar surface area (TPSA) is 98.8 Å². The number of hydrogen-bond acceptors (Lipinski definition) is 4. The van der Waals surface area contributed by atoms with E-state index in [2.05, 4.69) is 10.2 Å². The summed E-state index contributed by atoms with van der Waals surface area (Å²) in [5.74, 6) is -1.05. The second kappa shape index (κ2) is 5.70. The molecule has 0 aliphatic carbocycles. The summed E-state index contributed by atoms with van der Waals surface area (Å²) >= 11 is 0. The van der Waals surface area contributed by atoms with E-state index in [1.807, 2.05) is 0 Å². The van der Waals surface area contributed by atoms with Crippen LogP contribution in [0.15, 0.2) is 12.4 Å². The first kappa shape index (κ1) is 13.3. The van der Waals surface area contributed by atoms with Crippen molar-refractivity contribution in [2.45, 2.75) is 12.6 Å². The van der Waals surface area contributed by atoms with Gasteiger partial charge in [-0.3, -0.25) is 5.10 Å². The number of aromatic amines is 1. The van der Waals surface area contributed by atoms with Crippen LogP contribution in [0.4, 0.5) is 4.79 Å². The molecule has 2 N–H and O–H groups in total. The van der Waals surface area contributed by atoms with Crippen molar-refractivity contribution in [1.82, 2.24) is 20.0 Å². The Morgan fingerprint density at radius 3 is 3.11 bits per heavy atom. The van der Waals surface area contributed by atoms with E-state index in [0.29, 0.717) is 13.2 Å². The number of carboxylic acids is 1. The molecule has 1 aromatic heterocycles. The van der Waals surface area contributed by atoms with Gasteiger partial charge in [0.15, 0.2) is 6.04 Å². The minimum absolute atomic E-state index is 0.0284. The van der Waals surface area contributed by atoms with Gasteiger partial charge in [-0.1, -0.05) is 0 Å². The number of ether oxygens (including phenoxy) is 1. The summed E-state index contributed by atoms with van der Waals surface area (Å²) in [5.41, 5.74) is 0.857. The number of carbonyl (C=O) groups is 2. The average molecular weight is 268 g/mol. The Labute approximate surface area is 109 Å². The van der Waals surface area contributed by atoms with Crippen LogP contribution in [0.5, 0.6) is 0 Å².